The monoisotopic (exact) mass is 262 g/mol. The first-order valence-corrected chi connectivity index (χ1v) is 7.26. The minimum atomic E-state index is 0.292. The van der Waals surface area contributed by atoms with Gasteiger partial charge in [0.1, 0.15) is 6.26 Å². The summed E-state index contributed by atoms with van der Waals surface area (Å²) in [5, 5.41) is 0. The van der Waals surface area contributed by atoms with Crippen molar-refractivity contribution in [2.45, 2.75) is 52.1 Å². The first-order chi connectivity index (χ1) is 9.31. The van der Waals surface area contributed by atoms with E-state index in [9.17, 15) is 0 Å². The van der Waals surface area contributed by atoms with Gasteiger partial charge in [-0.3, -0.25) is 0 Å². The fourth-order valence-corrected chi connectivity index (χ4v) is 1.98. The van der Waals surface area contributed by atoms with Crippen LogP contribution in [0.3, 0.4) is 0 Å². The summed E-state index contributed by atoms with van der Waals surface area (Å²) in [5.41, 5.74) is 1.05. The normalized spacial score (nSPS) is 13.1. The topological polar surface area (TPSA) is 18.5 Å². The van der Waals surface area contributed by atoms with Gasteiger partial charge in [-0.15, -0.1) is 0 Å². The molecule has 0 aliphatic heterocycles. The van der Waals surface area contributed by atoms with Crippen molar-refractivity contribution in [2.75, 3.05) is 7.11 Å². The minimum Gasteiger partial charge on any atom is -0.494 e. The summed E-state index contributed by atoms with van der Waals surface area (Å²) in [6.07, 6.45) is 7.96. The predicted octanol–water partition coefficient (Wildman–Crippen LogP) is 5.01. The van der Waals surface area contributed by atoms with Crippen LogP contribution in [-0.2, 0) is 9.47 Å². The molecular weight excluding hydrogens is 236 g/mol. The molecule has 19 heavy (non-hydrogen) atoms. The number of hydrogen-bond donors (Lipinski definition) is 0. The summed E-state index contributed by atoms with van der Waals surface area (Å²) < 4.78 is 11.3. The van der Waals surface area contributed by atoms with Crippen LogP contribution in [0, 0.1) is 0 Å². The van der Waals surface area contributed by atoms with E-state index in [4.69, 9.17) is 9.47 Å². The summed E-state index contributed by atoms with van der Waals surface area (Å²) in [4.78, 5) is 0. The van der Waals surface area contributed by atoms with E-state index in [0.29, 0.717) is 6.10 Å². The molecule has 2 nitrogen and oxygen atoms in total. The van der Waals surface area contributed by atoms with Gasteiger partial charge in [-0.2, -0.15) is 0 Å². The van der Waals surface area contributed by atoms with Gasteiger partial charge in [0, 0.05) is 5.56 Å². The van der Waals surface area contributed by atoms with Gasteiger partial charge in [0.2, 0.25) is 0 Å². The lowest BCUT2D eigenvalue weighted by Gasteiger charge is -2.15. The fourth-order valence-electron chi connectivity index (χ4n) is 1.98. The van der Waals surface area contributed by atoms with Crippen LogP contribution >= 0.6 is 0 Å². The first kappa shape index (κ1) is 15.6. The van der Waals surface area contributed by atoms with E-state index in [0.717, 1.165) is 24.2 Å². The Kier molecular flexibility index (Phi) is 7.80. The largest absolute Gasteiger partial charge is 0.494 e. The molecule has 0 aromatic heterocycles. The van der Waals surface area contributed by atoms with Crippen LogP contribution in [0.25, 0.3) is 5.76 Å². The standard InChI is InChI=1S/C17H26O2/c1-4-6-8-13-16(5-2)19-14-17(18-3)15-11-9-7-10-12-15/h7,9-12,14,16H,4-6,8,13H2,1-3H3. The van der Waals surface area contributed by atoms with Gasteiger partial charge in [-0.25, -0.2) is 0 Å². The molecule has 1 aromatic carbocycles. The molecular formula is C17H26O2. The SMILES string of the molecule is CCCCCC(CC)OC=C(OC)c1ccccc1. The van der Waals surface area contributed by atoms with E-state index in [1.54, 1.807) is 13.4 Å². The van der Waals surface area contributed by atoms with Gasteiger partial charge in [0.05, 0.1) is 13.2 Å². The van der Waals surface area contributed by atoms with E-state index in [1.165, 1.54) is 19.3 Å². The number of rotatable bonds is 9. The zero-order valence-corrected chi connectivity index (χ0v) is 12.4. The second-order valence-corrected chi connectivity index (χ2v) is 4.71. The Balaban J connectivity index is 2.55. The molecule has 1 unspecified atom stereocenters. The molecule has 0 heterocycles. The van der Waals surface area contributed by atoms with Gasteiger partial charge in [-0.1, -0.05) is 57.0 Å². The quantitative estimate of drug-likeness (QED) is 0.460. The maximum absolute atomic E-state index is 5.86. The fraction of sp³-hybridized carbons (Fsp3) is 0.529. The number of methoxy groups -OCH3 is 1. The van der Waals surface area contributed by atoms with Gasteiger partial charge >= 0.3 is 0 Å². The van der Waals surface area contributed by atoms with Gasteiger partial charge < -0.3 is 9.47 Å². The van der Waals surface area contributed by atoms with Crippen molar-refractivity contribution < 1.29 is 9.47 Å². The molecule has 1 atom stereocenters. The lowest BCUT2D eigenvalue weighted by molar-refractivity contribution is 0.125. The van der Waals surface area contributed by atoms with E-state index in [1.807, 2.05) is 30.3 Å². The van der Waals surface area contributed by atoms with Crippen LogP contribution in [0.4, 0.5) is 0 Å². The van der Waals surface area contributed by atoms with Crippen LogP contribution in [0.2, 0.25) is 0 Å². The second kappa shape index (κ2) is 9.48. The maximum atomic E-state index is 5.86. The van der Waals surface area contributed by atoms with E-state index in [-0.39, 0.29) is 0 Å². The third-order valence-corrected chi connectivity index (χ3v) is 3.23. The third-order valence-electron chi connectivity index (χ3n) is 3.23. The van der Waals surface area contributed by atoms with Gasteiger partial charge in [0.25, 0.3) is 0 Å². The molecule has 0 saturated carbocycles. The van der Waals surface area contributed by atoms with Crippen molar-refractivity contribution in [3.05, 3.63) is 42.2 Å². The Morgan fingerprint density at radius 3 is 2.47 bits per heavy atom. The zero-order chi connectivity index (χ0) is 13.9. The van der Waals surface area contributed by atoms with Crippen LogP contribution in [0.15, 0.2) is 36.6 Å². The number of benzene rings is 1. The van der Waals surface area contributed by atoms with Gasteiger partial charge in [0.15, 0.2) is 5.76 Å². The Bertz CT molecular complexity index is 357. The summed E-state index contributed by atoms with van der Waals surface area (Å²) in [6, 6.07) is 10.0. The Hall–Kier alpha value is -1.44. The maximum Gasteiger partial charge on any atom is 0.160 e. The van der Waals surface area contributed by atoms with Crippen molar-refractivity contribution in [2.24, 2.45) is 0 Å². The second-order valence-electron chi connectivity index (χ2n) is 4.71. The molecule has 0 radical (unpaired) electrons. The molecule has 0 aliphatic carbocycles. The lowest BCUT2D eigenvalue weighted by Crippen LogP contribution is -2.08. The van der Waals surface area contributed by atoms with Crippen LogP contribution in [0.5, 0.6) is 0 Å². The Morgan fingerprint density at radius 1 is 1.16 bits per heavy atom. The highest BCUT2D eigenvalue weighted by Crippen LogP contribution is 2.17. The molecule has 0 amide bonds. The van der Waals surface area contributed by atoms with Gasteiger partial charge in [-0.05, 0) is 19.3 Å². The minimum absolute atomic E-state index is 0.292. The smallest absolute Gasteiger partial charge is 0.160 e. The Morgan fingerprint density at radius 2 is 1.89 bits per heavy atom. The summed E-state index contributed by atoms with van der Waals surface area (Å²) in [6.45, 7) is 4.39. The molecule has 0 saturated heterocycles. The molecule has 1 rings (SSSR count). The molecule has 2 heteroatoms. The number of ether oxygens (including phenoxy) is 2. The predicted molar refractivity (Wildman–Crippen MR) is 80.7 cm³/mol. The summed E-state index contributed by atoms with van der Waals surface area (Å²) in [7, 11) is 1.68. The molecule has 0 N–H and O–H groups in total. The Labute approximate surface area is 117 Å². The molecule has 0 fully saturated rings. The molecule has 106 valence electrons. The summed E-state index contributed by atoms with van der Waals surface area (Å²) in [5.74, 6) is 0.787. The highest BCUT2D eigenvalue weighted by molar-refractivity contribution is 5.58. The van der Waals surface area contributed by atoms with Crippen molar-refractivity contribution in [3.63, 3.8) is 0 Å². The molecule has 0 bridgehead atoms. The van der Waals surface area contributed by atoms with Crippen molar-refractivity contribution in [1.29, 1.82) is 0 Å². The van der Waals surface area contributed by atoms with E-state index < -0.39 is 0 Å². The zero-order valence-electron chi connectivity index (χ0n) is 12.4. The molecule has 0 spiro atoms. The molecule has 0 aliphatic rings. The van der Waals surface area contributed by atoms with Crippen LogP contribution in [0.1, 0.15) is 51.5 Å². The third kappa shape index (κ3) is 5.82. The lowest BCUT2D eigenvalue weighted by atomic mass is 10.1. The van der Waals surface area contributed by atoms with Crippen LogP contribution in [-0.4, -0.2) is 13.2 Å². The average molecular weight is 262 g/mol. The van der Waals surface area contributed by atoms with Crippen molar-refractivity contribution in [1.82, 2.24) is 0 Å². The average Bonchev–Trinajstić information content (AvgIpc) is 2.47. The summed E-state index contributed by atoms with van der Waals surface area (Å²) >= 11 is 0. The van der Waals surface area contributed by atoms with E-state index >= 15 is 0 Å². The highest BCUT2D eigenvalue weighted by Gasteiger charge is 2.07. The number of unbranched alkanes of at least 4 members (excludes halogenated alkanes) is 2. The van der Waals surface area contributed by atoms with Crippen molar-refractivity contribution in [3.8, 4) is 0 Å². The first-order valence-electron chi connectivity index (χ1n) is 7.26. The number of hydrogen-bond acceptors (Lipinski definition) is 2. The van der Waals surface area contributed by atoms with Crippen LogP contribution < -0.4 is 0 Å². The molecule has 1 aromatic rings. The van der Waals surface area contributed by atoms with Crippen molar-refractivity contribution >= 4 is 5.76 Å². The highest BCUT2D eigenvalue weighted by atomic mass is 16.5. The van der Waals surface area contributed by atoms with E-state index in [2.05, 4.69) is 13.8 Å².